The molecule has 1 aromatic heterocycles. The molecule has 1 saturated heterocycles. The number of amides is 1. The predicted octanol–water partition coefficient (Wildman–Crippen LogP) is 3.18. The second-order valence-corrected chi connectivity index (χ2v) is 6.60. The monoisotopic (exact) mass is 446 g/mol. The number of carbonyl (C=O) groups is 1. The number of aliphatic hydroxyl groups excluding tert-OH is 2. The zero-order chi connectivity index (χ0) is 23.0. The summed E-state index contributed by atoms with van der Waals surface area (Å²) in [5.41, 5.74) is 0.853. The second kappa shape index (κ2) is 11.6. The first-order chi connectivity index (χ1) is 14.7. The molecular formula is C20H22F4N2O5. The van der Waals surface area contributed by atoms with Crippen molar-refractivity contribution in [3.8, 4) is 5.75 Å². The number of benzene rings is 1. The van der Waals surface area contributed by atoms with E-state index in [2.05, 4.69) is 15.0 Å². The van der Waals surface area contributed by atoms with E-state index in [1.54, 1.807) is 6.07 Å². The second-order valence-electron chi connectivity index (χ2n) is 6.60. The number of hydrogen-bond donors (Lipinski definition) is 3. The number of hydrogen-bond acceptors (Lipinski definition) is 6. The number of carbonyl (C=O) groups excluding carboxylic acids is 1. The first kappa shape index (κ1) is 24.5. The van der Waals surface area contributed by atoms with Crippen LogP contribution in [-0.4, -0.2) is 46.5 Å². The summed E-state index contributed by atoms with van der Waals surface area (Å²) in [5, 5.41) is 21.1. The van der Waals surface area contributed by atoms with Crippen LogP contribution in [0.3, 0.4) is 0 Å². The van der Waals surface area contributed by atoms with Crippen LogP contribution in [0.25, 0.3) is 0 Å². The highest BCUT2D eigenvalue weighted by Crippen LogP contribution is 2.22. The van der Waals surface area contributed by atoms with Crippen molar-refractivity contribution in [3.05, 3.63) is 53.9 Å². The summed E-state index contributed by atoms with van der Waals surface area (Å²) in [6.45, 7) is -1.62. The normalized spacial score (nSPS) is 18.8. The number of nitrogens with one attached hydrogen (secondary N) is 1. The molecule has 3 atom stereocenters. The van der Waals surface area contributed by atoms with Crippen LogP contribution in [-0.2, 0) is 9.53 Å². The molecule has 11 heteroatoms. The molecule has 1 fully saturated rings. The lowest BCUT2D eigenvalue weighted by molar-refractivity contribution is -0.126. The molecule has 0 aliphatic carbocycles. The van der Waals surface area contributed by atoms with E-state index in [1.165, 1.54) is 12.3 Å². The Labute approximate surface area is 175 Å². The first-order valence-corrected chi connectivity index (χ1v) is 9.31. The summed E-state index contributed by atoms with van der Waals surface area (Å²) < 4.78 is 57.1. The van der Waals surface area contributed by atoms with Crippen molar-refractivity contribution in [2.75, 3.05) is 11.9 Å². The van der Waals surface area contributed by atoms with E-state index < -0.39 is 42.8 Å². The number of aliphatic hydroxyl groups is 2. The van der Waals surface area contributed by atoms with Gasteiger partial charge in [-0.2, -0.15) is 13.2 Å². The zero-order valence-corrected chi connectivity index (χ0v) is 16.5. The predicted molar refractivity (Wildman–Crippen MR) is 101 cm³/mol. The van der Waals surface area contributed by atoms with Crippen LogP contribution < -0.4 is 10.1 Å². The van der Waals surface area contributed by atoms with Crippen molar-refractivity contribution >= 4 is 11.6 Å². The van der Waals surface area contributed by atoms with Crippen LogP contribution in [0.2, 0.25) is 0 Å². The molecule has 2 heterocycles. The third-order valence-electron chi connectivity index (χ3n) is 4.22. The lowest BCUT2D eigenvalue weighted by Gasteiger charge is -2.13. The maximum Gasteiger partial charge on any atom is 0.387 e. The van der Waals surface area contributed by atoms with Crippen LogP contribution in [0.1, 0.15) is 31.6 Å². The highest BCUT2D eigenvalue weighted by molar-refractivity contribution is 5.94. The summed E-state index contributed by atoms with van der Waals surface area (Å²) in [6, 6.07) is 5.98. The van der Waals surface area contributed by atoms with Crippen LogP contribution in [0.4, 0.5) is 23.2 Å². The minimum Gasteiger partial charge on any atom is -0.432 e. The topological polar surface area (TPSA) is 101 Å². The molecule has 0 spiro atoms. The van der Waals surface area contributed by atoms with Crippen molar-refractivity contribution in [2.24, 2.45) is 0 Å². The average Bonchev–Trinajstić information content (AvgIpc) is 3.18. The van der Waals surface area contributed by atoms with Gasteiger partial charge in [0.25, 0.3) is 5.91 Å². The standard InChI is InChI=1S/C13H18N2O4.C7H4F4O/c1-8-2-3-12(19-8)13(18)15-9-4-5-14-10(6-9)11(17)7-16;8-4-2-1-3-5(6(4)9)12-7(10)11/h4-6,8,11-12,16-17H,2-3,7H2,1H3,(H,14,15,18);1-3,7H. The third-order valence-corrected chi connectivity index (χ3v) is 4.22. The number of halogens is 4. The summed E-state index contributed by atoms with van der Waals surface area (Å²) in [7, 11) is 0. The Kier molecular flexibility index (Phi) is 9.16. The fourth-order valence-corrected chi connectivity index (χ4v) is 2.69. The Hall–Kier alpha value is -2.76. The van der Waals surface area contributed by atoms with Gasteiger partial charge in [-0.3, -0.25) is 9.78 Å². The minimum atomic E-state index is -3.15. The fourth-order valence-electron chi connectivity index (χ4n) is 2.69. The molecule has 0 saturated carbocycles. The molecule has 1 aromatic carbocycles. The van der Waals surface area contributed by atoms with Gasteiger partial charge in [-0.05, 0) is 44.0 Å². The number of anilines is 1. The van der Waals surface area contributed by atoms with E-state index in [0.29, 0.717) is 17.8 Å². The Balaban J connectivity index is 0.000000245. The molecule has 1 amide bonds. The van der Waals surface area contributed by atoms with E-state index in [1.807, 2.05) is 6.92 Å². The molecule has 31 heavy (non-hydrogen) atoms. The Bertz CT molecular complexity index is 871. The van der Waals surface area contributed by atoms with E-state index in [9.17, 15) is 27.5 Å². The van der Waals surface area contributed by atoms with Gasteiger partial charge < -0.3 is 25.0 Å². The number of nitrogens with zero attached hydrogens (tertiary/aromatic N) is 1. The molecular weight excluding hydrogens is 424 g/mol. The van der Waals surface area contributed by atoms with E-state index in [0.717, 1.165) is 24.6 Å². The summed E-state index contributed by atoms with van der Waals surface area (Å²) >= 11 is 0. The SMILES string of the molecule is CC1CCC(C(=O)Nc2ccnc(C(O)CO)c2)O1.Fc1cccc(OC(F)F)c1F. The van der Waals surface area contributed by atoms with Crippen molar-refractivity contribution in [3.63, 3.8) is 0 Å². The molecule has 3 rings (SSSR count). The zero-order valence-electron chi connectivity index (χ0n) is 16.5. The van der Waals surface area contributed by atoms with Gasteiger partial charge in [-0.1, -0.05) is 6.07 Å². The largest absolute Gasteiger partial charge is 0.432 e. The summed E-state index contributed by atoms with van der Waals surface area (Å²) in [5.74, 6) is -3.60. The fraction of sp³-hybridized carbons (Fsp3) is 0.400. The highest BCUT2D eigenvalue weighted by atomic mass is 19.3. The lowest BCUT2D eigenvalue weighted by atomic mass is 10.2. The number of rotatable bonds is 6. The summed E-state index contributed by atoms with van der Waals surface area (Å²) in [6.07, 6.45) is 1.71. The maximum atomic E-state index is 12.5. The minimum absolute atomic E-state index is 0.111. The quantitative estimate of drug-likeness (QED) is 0.590. The maximum absolute atomic E-state index is 12.5. The lowest BCUT2D eigenvalue weighted by Crippen LogP contribution is -2.27. The Morgan fingerprint density at radius 2 is 2.06 bits per heavy atom. The van der Waals surface area contributed by atoms with Gasteiger partial charge in [0.05, 0.1) is 18.4 Å². The van der Waals surface area contributed by atoms with Crippen LogP contribution in [0, 0.1) is 11.6 Å². The average molecular weight is 446 g/mol. The molecule has 3 unspecified atom stereocenters. The van der Waals surface area contributed by atoms with Gasteiger partial charge in [0.2, 0.25) is 5.82 Å². The number of pyridine rings is 1. The smallest absolute Gasteiger partial charge is 0.387 e. The Morgan fingerprint density at radius 1 is 1.32 bits per heavy atom. The van der Waals surface area contributed by atoms with Gasteiger partial charge in [0.15, 0.2) is 11.6 Å². The van der Waals surface area contributed by atoms with Crippen LogP contribution >= 0.6 is 0 Å². The number of ether oxygens (including phenoxy) is 2. The van der Waals surface area contributed by atoms with Crippen molar-refractivity contribution in [1.82, 2.24) is 4.98 Å². The van der Waals surface area contributed by atoms with Gasteiger partial charge in [0, 0.05) is 11.9 Å². The van der Waals surface area contributed by atoms with Crippen molar-refractivity contribution in [2.45, 2.75) is 44.7 Å². The number of aromatic nitrogens is 1. The van der Waals surface area contributed by atoms with Crippen LogP contribution in [0.15, 0.2) is 36.5 Å². The van der Waals surface area contributed by atoms with Gasteiger partial charge in [-0.15, -0.1) is 0 Å². The van der Waals surface area contributed by atoms with E-state index >= 15 is 0 Å². The molecule has 0 radical (unpaired) electrons. The van der Waals surface area contributed by atoms with Gasteiger partial charge >= 0.3 is 6.61 Å². The van der Waals surface area contributed by atoms with Crippen LogP contribution in [0.5, 0.6) is 5.75 Å². The Morgan fingerprint density at radius 3 is 2.68 bits per heavy atom. The van der Waals surface area contributed by atoms with E-state index in [4.69, 9.17) is 9.84 Å². The molecule has 0 bridgehead atoms. The van der Waals surface area contributed by atoms with Crippen molar-refractivity contribution in [1.29, 1.82) is 0 Å². The van der Waals surface area contributed by atoms with Gasteiger partial charge in [0.1, 0.15) is 12.2 Å². The molecule has 1 aliphatic heterocycles. The molecule has 2 aromatic rings. The van der Waals surface area contributed by atoms with E-state index in [-0.39, 0.29) is 12.0 Å². The third kappa shape index (κ3) is 7.46. The molecule has 1 aliphatic rings. The summed E-state index contributed by atoms with van der Waals surface area (Å²) in [4.78, 5) is 15.9. The highest BCUT2D eigenvalue weighted by Gasteiger charge is 2.28. The molecule has 170 valence electrons. The number of alkyl halides is 2. The molecule has 7 nitrogen and oxygen atoms in total. The van der Waals surface area contributed by atoms with Gasteiger partial charge in [-0.25, -0.2) is 4.39 Å². The van der Waals surface area contributed by atoms with Crippen molar-refractivity contribution < 1.29 is 42.0 Å². The molecule has 3 N–H and O–H groups in total. The first-order valence-electron chi connectivity index (χ1n) is 9.31.